The van der Waals surface area contributed by atoms with Crippen LogP contribution in [0.1, 0.15) is 33.6 Å². The Morgan fingerprint density at radius 1 is 1.37 bits per heavy atom. The molecular weight excluding hydrogens is 246 g/mol. The van der Waals surface area contributed by atoms with Crippen LogP contribution in [-0.4, -0.2) is 54.6 Å². The number of likely N-dealkylation sites (N-methyl/N-ethyl adjacent to an activating group) is 1. The van der Waals surface area contributed by atoms with E-state index in [0.717, 1.165) is 6.42 Å². The van der Waals surface area contributed by atoms with Gasteiger partial charge in [-0.15, -0.1) is 0 Å². The number of nitrogens with one attached hydrogen (secondary N) is 1. The highest BCUT2D eigenvalue weighted by atomic mass is 16.5. The van der Waals surface area contributed by atoms with Gasteiger partial charge in [-0.3, -0.25) is 9.59 Å². The highest BCUT2D eigenvalue weighted by molar-refractivity contribution is 5.89. The Hall–Kier alpha value is -1.14. The van der Waals surface area contributed by atoms with Gasteiger partial charge < -0.3 is 20.7 Å². The fourth-order valence-electron chi connectivity index (χ4n) is 2.25. The molecule has 3 N–H and O–H groups in total. The molecule has 1 aliphatic heterocycles. The summed E-state index contributed by atoms with van der Waals surface area (Å²) in [7, 11) is 0. The molecule has 2 amide bonds. The number of nitrogens with two attached hydrogens (primary N) is 1. The summed E-state index contributed by atoms with van der Waals surface area (Å²) in [5.74, 6) is -0.282. The zero-order valence-electron chi connectivity index (χ0n) is 12.0. The maximum atomic E-state index is 12.0. The van der Waals surface area contributed by atoms with Crippen molar-refractivity contribution in [1.29, 1.82) is 0 Å². The third-order valence-corrected chi connectivity index (χ3v) is 3.47. The molecule has 1 rings (SSSR count). The maximum absolute atomic E-state index is 12.0. The zero-order valence-corrected chi connectivity index (χ0v) is 12.0. The highest BCUT2D eigenvalue weighted by Crippen LogP contribution is 2.19. The van der Waals surface area contributed by atoms with Crippen molar-refractivity contribution in [2.45, 2.75) is 51.9 Å². The summed E-state index contributed by atoms with van der Waals surface area (Å²) in [6, 6.07) is -0.520. The third-order valence-electron chi connectivity index (χ3n) is 3.47. The van der Waals surface area contributed by atoms with Gasteiger partial charge in [0, 0.05) is 19.6 Å². The maximum Gasteiger partial charge on any atom is 0.249 e. The van der Waals surface area contributed by atoms with Crippen molar-refractivity contribution in [2.75, 3.05) is 19.6 Å². The monoisotopic (exact) mass is 271 g/mol. The van der Waals surface area contributed by atoms with Crippen molar-refractivity contribution in [2.24, 2.45) is 5.73 Å². The van der Waals surface area contributed by atoms with E-state index in [-0.39, 0.29) is 17.9 Å². The van der Waals surface area contributed by atoms with E-state index >= 15 is 0 Å². The van der Waals surface area contributed by atoms with Gasteiger partial charge in [0.05, 0.1) is 6.10 Å². The minimum absolute atomic E-state index is 0.0375. The van der Waals surface area contributed by atoms with Gasteiger partial charge in [-0.05, 0) is 33.6 Å². The van der Waals surface area contributed by atoms with Crippen LogP contribution < -0.4 is 11.1 Å². The fraction of sp³-hybridized carbons (Fsp3) is 0.846. The number of rotatable bonds is 6. The van der Waals surface area contributed by atoms with Crippen molar-refractivity contribution >= 4 is 11.8 Å². The van der Waals surface area contributed by atoms with Gasteiger partial charge in [0.1, 0.15) is 12.1 Å². The quantitative estimate of drug-likeness (QED) is 0.704. The molecule has 0 bridgehead atoms. The van der Waals surface area contributed by atoms with Crippen LogP contribution in [0, 0.1) is 0 Å². The van der Waals surface area contributed by atoms with Gasteiger partial charge in [0.25, 0.3) is 0 Å². The second kappa shape index (κ2) is 7.45. The predicted octanol–water partition coefficient (Wildman–Crippen LogP) is -0.134. The molecule has 19 heavy (non-hydrogen) atoms. The van der Waals surface area contributed by atoms with Crippen LogP contribution in [0.15, 0.2) is 0 Å². The van der Waals surface area contributed by atoms with Gasteiger partial charge in [-0.1, -0.05) is 0 Å². The summed E-state index contributed by atoms with van der Waals surface area (Å²) < 4.78 is 5.50. The van der Waals surface area contributed by atoms with E-state index < -0.39 is 12.1 Å². The van der Waals surface area contributed by atoms with E-state index in [2.05, 4.69) is 5.32 Å². The molecule has 0 saturated carbocycles. The molecule has 6 nitrogen and oxygen atoms in total. The number of hydrogen-bond acceptors (Lipinski definition) is 4. The van der Waals surface area contributed by atoms with Crippen LogP contribution in [0.5, 0.6) is 0 Å². The van der Waals surface area contributed by atoms with E-state index in [9.17, 15) is 9.59 Å². The first-order valence-electron chi connectivity index (χ1n) is 6.98. The van der Waals surface area contributed by atoms with Crippen LogP contribution in [0.3, 0.4) is 0 Å². The molecule has 1 heterocycles. The molecular formula is C13H25N3O3. The SMILES string of the molecule is CCN(CC)C(=O)C(C)NC(=O)C1CCC(CN)O1. The topological polar surface area (TPSA) is 84.7 Å². The van der Waals surface area contributed by atoms with Crippen LogP contribution in [0.25, 0.3) is 0 Å². The molecule has 0 aromatic carbocycles. The Morgan fingerprint density at radius 3 is 2.47 bits per heavy atom. The number of carbonyl (C=O) groups excluding carboxylic acids is 2. The van der Waals surface area contributed by atoms with E-state index in [0.29, 0.717) is 26.1 Å². The standard InChI is InChI=1S/C13H25N3O3/c1-4-16(5-2)13(18)9(3)15-12(17)11-7-6-10(8-14)19-11/h9-11H,4-8,14H2,1-3H3,(H,15,17). The van der Waals surface area contributed by atoms with Crippen LogP contribution in [-0.2, 0) is 14.3 Å². The smallest absolute Gasteiger partial charge is 0.249 e. The summed E-state index contributed by atoms with van der Waals surface area (Å²) in [6.45, 7) is 7.25. The molecule has 0 aliphatic carbocycles. The molecule has 0 aromatic heterocycles. The first-order chi connectivity index (χ1) is 9.03. The van der Waals surface area contributed by atoms with Crippen LogP contribution in [0.2, 0.25) is 0 Å². The first-order valence-corrected chi connectivity index (χ1v) is 6.98. The van der Waals surface area contributed by atoms with Gasteiger partial charge >= 0.3 is 0 Å². The summed E-state index contributed by atoms with van der Waals surface area (Å²) in [5.41, 5.74) is 5.50. The summed E-state index contributed by atoms with van der Waals surface area (Å²) >= 11 is 0. The molecule has 1 fully saturated rings. The van der Waals surface area contributed by atoms with Gasteiger partial charge in [-0.25, -0.2) is 0 Å². The molecule has 3 unspecified atom stereocenters. The number of ether oxygens (including phenoxy) is 1. The molecule has 3 atom stereocenters. The predicted molar refractivity (Wildman–Crippen MR) is 72.5 cm³/mol. The third kappa shape index (κ3) is 4.18. The van der Waals surface area contributed by atoms with Gasteiger partial charge in [-0.2, -0.15) is 0 Å². The molecule has 1 aliphatic rings. The number of hydrogen-bond donors (Lipinski definition) is 2. The lowest BCUT2D eigenvalue weighted by Gasteiger charge is -2.24. The normalized spacial score (nSPS) is 24.0. The lowest BCUT2D eigenvalue weighted by molar-refractivity contribution is -0.139. The van der Waals surface area contributed by atoms with Crippen LogP contribution in [0.4, 0.5) is 0 Å². The average molecular weight is 271 g/mol. The van der Waals surface area contributed by atoms with E-state index in [1.807, 2.05) is 13.8 Å². The van der Waals surface area contributed by atoms with Crippen molar-refractivity contribution in [3.05, 3.63) is 0 Å². The first kappa shape index (κ1) is 15.9. The van der Waals surface area contributed by atoms with Crippen LogP contribution >= 0.6 is 0 Å². The Balaban J connectivity index is 2.46. The molecule has 110 valence electrons. The number of amides is 2. The summed E-state index contributed by atoms with van der Waals surface area (Å²) in [6.07, 6.45) is 0.956. The summed E-state index contributed by atoms with van der Waals surface area (Å²) in [4.78, 5) is 25.7. The minimum Gasteiger partial charge on any atom is -0.364 e. The van der Waals surface area contributed by atoms with E-state index in [4.69, 9.17) is 10.5 Å². The summed E-state index contributed by atoms with van der Waals surface area (Å²) in [5, 5.41) is 2.72. The number of carbonyl (C=O) groups is 2. The average Bonchev–Trinajstić information content (AvgIpc) is 2.88. The van der Waals surface area contributed by atoms with Crippen molar-refractivity contribution in [1.82, 2.24) is 10.2 Å². The minimum atomic E-state index is -0.520. The second-order valence-electron chi connectivity index (χ2n) is 4.80. The Bertz CT molecular complexity index is 318. The molecule has 6 heteroatoms. The van der Waals surface area contributed by atoms with Crippen molar-refractivity contribution in [3.63, 3.8) is 0 Å². The Kier molecular flexibility index (Phi) is 6.24. The van der Waals surface area contributed by atoms with Gasteiger partial charge in [0.15, 0.2) is 0 Å². The molecule has 0 radical (unpaired) electrons. The lowest BCUT2D eigenvalue weighted by Crippen LogP contribution is -2.49. The lowest BCUT2D eigenvalue weighted by atomic mass is 10.1. The second-order valence-corrected chi connectivity index (χ2v) is 4.80. The highest BCUT2D eigenvalue weighted by Gasteiger charge is 2.31. The molecule has 0 aromatic rings. The fourth-order valence-corrected chi connectivity index (χ4v) is 2.25. The van der Waals surface area contributed by atoms with Crippen molar-refractivity contribution < 1.29 is 14.3 Å². The Morgan fingerprint density at radius 2 is 2.00 bits per heavy atom. The van der Waals surface area contributed by atoms with Crippen molar-refractivity contribution in [3.8, 4) is 0 Å². The molecule has 1 saturated heterocycles. The molecule has 0 spiro atoms. The van der Waals surface area contributed by atoms with E-state index in [1.165, 1.54) is 0 Å². The largest absolute Gasteiger partial charge is 0.364 e. The zero-order chi connectivity index (χ0) is 14.4. The Labute approximate surface area is 114 Å². The van der Waals surface area contributed by atoms with Gasteiger partial charge in [0.2, 0.25) is 11.8 Å². The number of nitrogens with zero attached hydrogens (tertiary/aromatic N) is 1. The van der Waals surface area contributed by atoms with E-state index in [1.54, 1.807) is 11.8 Å².